The Morgan fingerprint density at radius 1 is 1.05 bits per heavy atom. The Morgan fingerprint density at radius 2 is 1.68 bits per heavy atom. The van der Waals surface area contributed by atoms with E-state index < -0.39 is 56.8 Å². The van der Waals surface area contributed by atoms with Crippen molar-refractivity contribution in [3.05, 3.63) is 45.7 Å². The second kappa shape index (κ2) is 8.03. The van der Waals surface area contributed by atoms with E-state index in [1.165, 1.54) is 6.07 Å². The van der Waals surface area contributed by atoms with Gasteiger partial charge in [0, 0.05) is 22.3 Å². The molecule has 0 aliphatic heterocycles. The average molecular weight is 509 g/mol. The van der Waals surface area contributed by atoms with E-state index in [0.29, 0.717) is 12.3 Å². The Balaban J connectivity index is 1.81. The molecule has 0 radical (unpaired) electrons. The molecule has 2 saturated carbocycles. The fourth-order valence-corrected chi connectivity index (χ4v) is 8.36. The summed E-state index contributed by atoms with van der Waals surface area (Å²) in [6.45, 7) is 8.21. The Bertz CT molecular complexity index is 1310. The van der Waals surface area contributed by atoms with Crippen LogP contribution in [0.4, 0.5) is 0 Å². The number of fused-ring (bicyclic) bond motifs is 3. The number of aromatic hydroxyl groups is 1. The van der Waals surface area contributed by atoms with Crippen molar-refractivity contribution < 1.29 is 34.8 Å². The van der Waals surface area contributed by atoms with Crippen LogP contribution >= 0.6 is 0 Å². The Labute approximate surface area is 216 Å². The van der Waals surface area contributed by atoms with Gasteiger partial charge in [0.1, 0.15) is 22.8 Å². The number of benzene rings is 1. The summed E-state index contributed by atoms with van der Waals surface area (Å²) in [5.74, 6) is -4.66. The first-order chi connectivity index (χ1) is 17.2. The number of rotatable bonds is 3. The maximum atomic E-state index is 14.3. The molecule has 0 heterocycles. The summed E-state index contributed by atoms with van der Waals surface area (Å²) in [4.78, 5) is 40.3. The lowest BCUT2D eigenvalue weighted by Crippen LogP contribution is -2.69. The lowest BCUT2D eigenvalue weighted by molar-refractivity contribution is -0.178. The number of phenolic OH excluding ortho intramolecular Hbond substituents is 1. The van der Waals surface area contributed by atoms with Gasteiger partial charge in [-0.05, 0) is 61.6 Å². The molecule has 2 fully saturated rings. The largest absolute Gasteiger partial charge is 0.508 e. The molecule has 0 spiro atoms. The number of carbonyl (C=O) groups is 3. The van der Waals surface area contributed by atoms with Crippen LogP contribution in [-0.2, 0) is 20.8 Å². The zero-order valence-electron chi connectivity index (χ0n) is 22.1. The minimum absolute atomic E-state index is 0.0786. The molecule has 1 aromatic carbocycles. The number of ketones is 3. The highest BCUT2D eigenvalue weighted by Crippen LogP contribution is 2.65. The molecule has 1 unspecified atom stereocenters. The third-order valence-corrected chi connectivity index (χ3v) is 9.72. The zero-order chi connectivity index (χ0) is 27.2. The van der Waals surface area contributed by atoms with Gasteiger partial charge in [0.05, 0.1) is 5.56 Å². The molecule has 1 aromatic rings. The molecule has 4 aliphatic carbocycles. The summed E-state index contributed by atoms with van der Waals surface area (Å²) < 4.78 is 0. The monoisotopic (exact) mass is 508 g/mol. The molecule has 7 heteroatoms. The van der Waals surface area contributed by atoms with Crippen molar-refractivity contribution in [1.82, 2.24) is 0 Å². The molecule has 37 heavy (non-hydrogen) atoms. The highest BCUT2D eigenvalue weighted by Gasteiger charge is 2.72. The fourth-order valence-electron chi connectivity index (χ4n) is 8.36. The van der Waals surface area contributed by atoms with Crippen LogP contribution in [0, 0.1) is 22.7 Å². The highest BCUT2D eigenvalue weighted by atomic mass is 16.3. The van der Waals surface area contributed by atoms with Crippen molar-refractivity contribution >= 4 is 23.1 Å². The van der Waals surface area contributed by atoms with E-state index in [1.54, 1.807) is 20.8 Å². The number of carbonyl (C=O) groups excluding carboxylic acids is 3. The SMILES string of the molecule is CC(=O)C1=C(O)[C@]2(O)C(=O)C3=C(O)c4c(O)ccc(C5CCCC5)c4C[C@]3(C)C[C@]2(C)C(C(C)C)C1=O. The molecule has 0 amide bonds. The van der Waals surface area contributed by atoms with Crippen LogP contribution in [0.15, 0.2) is 29.0 Å². The molecule has 0 saturated heterocycles. The average Bonchev–Trinajstić information content (AvgIpc) is 3.30. The quantitative estimate of drug-likeness (QED) is 0.429. The third-order valence-electron chi connectivity index (χ3n) is 9.72. The van der Waals surface area contributed by atoms with Gasteiger partial charge in [-0.1, -0.05) is 46.6 Å². The van der Waals surface area contributed by atoms with Crippen molar-refractivity contribution in [2.75, 3.05) is 0 Å². The van der Waals surface area contributed by atoms with E-state index >= 15 is 0 Å². The standard InChI is InChI=1S/C30H36O7/c1-14(2)22-24(33)20(15(3)31)26(35)30(37)27(36)23-25(34)21-18(12-28(23,4)13-29(22,30)5)17(10-11-19(21)32)16-8-6-7-9-16/h10-11,14,16,22,32,34-35,37H,6-9,12-13H2,1-5H3/t22?,28-,29-,30+/m1/s1. The van der Waals surface area contributed by atoms with Crippen LogP contribution in [0.2, 0.25) is 0 Å². The van der Waals surface area contributed by atoms with Gasteiger partial charge in [-0.2, -0.15) is 0 Å². The van der Waals surface area contributed by atoms with Crippen LogP contribution in [0.5, 0.6) is 5.75 Å². The Morgan fingerprint density at radius 3 is 2.24 bits per heavy atom. The van der Waals surface area contributed by atoms with Gasteiger partial charge in [-0.3, -0.25) is 14.4 Å². The molecule has 4 aliphatic rings. The van der Waals surface area contributed by atoms with E-state index in [-0.39, 0.29) is 29.2 Å². The molecular weight excluding hydrogens is 472 g/mol. The first-order valence-corrected chi connectivity index (χ1v) is 13.3. The summed E-state index contributed by atoms with van der Waals surface area (Å²) in [7, 11) is 0. The maximum absolute atomic E-state index is 14.3. The predicted molar refractivity (Wildman–Crippen MR) is 137 cm³/mol. The molecule has 5 rings (SSSR count). The zero-order valence-corrected chi connectivity index (χ0v) is 22.1. The molecule has 4 N–H and O–H groups in total. The number of phenols is 1. The van der Waals surface area contributed by atoms with Crippen molar-refractivity contribution in [3.8, 4) is 5.75 Å². The lowest BCUT2D eigenvalue weighted by atomic mass is 9.43. The lowest BCUT2D eigenvalue weighted by Gasteiger charge is -2.59. The van der Waals surface area contributed by atoms with E-state index in [0.717, 1.165) is 43.7 Å². The van der Waals surface area contributed by atoms with E-state index in [2.05, 4.69) is 0 Å². The number of hydrogen-bond donors (Lipinski definition) is 4. The second-order valence-electron chi connectivity index (χ2n) is 12.5. The van der Waals surface area contributed by atoms with Crippen molar-refractivity contribution in [2.24, 2.45) is 22.7 Å². The van der Waals surface area contributed by atoms with Crippen molar-refractivity contribution in [3.63, 3.8) is 0 Å². The van der Waals surface area contributed by atoms with Gasteiger partial charge in [-0.15, -0.1) is 0 Å². The van der Waals surface area contributed by atoms with E-state index in [1.807, 2.05) is 13.0 Å². The van der Waals surface area contributed by atoms with Crippen LogP contribution in [-0.4, -0.2) is 43.4 Å². The van der Waals surface area contributed by atoms with Gasteiger partial charge in [0.15, 0.2) is 17.2 Å². The first-order valence-electron chi connectivity index (χ1n) is 13.3. The van der Waals surface area contributed by atoms with Crippen LogP contribution in [0.25, 0.3) is 5.76 Å². The maximum Gasteiger partial charge on any atom is 0.203 e. The summed E-state index contributed by atoms with van der Waals surface area (Å²) in [6, 6.07) is 3.45. The second-order valence-corrected chi connectivity index (χ2v) is 12.5. The normalized spacial score (nSPS) is 34.1. The fraction of sp³-hybridized carbons (Fsp3) is 0.567. The molecule has 4 atom stereocenters. The predicted octanol–water partition coefficient (Wildman–Crippen LogP) is 4.85. The van der Waals surface area contributed by atoms with Crippen molar-refractivity contribution in [2.45, 2.75) is 84.7 Å². The van der Waals surface area contributed by atoms with E-state index in [9.17, 15) is 34.8 Å². The molecule has 7 nitrogen and oxygen atoms in total. The van der Waals surface area contributed by atoms with Gasteiger partial charge >= 0.3 is 0 Å². The van der Waals surface area contributed by atoms with Crippen LogP contribution < -0.4 is 0 Å². The number of Topliss-reactive ketones (excluding diaryl/α,β-unsaturated/α-hetero) is 3. The highest BCUT2D eigenvalue weighted by molar-refractivity contribution is 6.24. The smallest absolute Gasteiger partial charge is 0.203 e. The van der Waals surface area contributed by atoms with Crippen LogP contribution in [0.3, 0.4) is 0 Å². The van der Waals surface area contributed by atoms with E-state index in [4.69, 9.17) is 0 Å². The van der Waals surface area contributed by atoms with Gasteiger partial charge < -0.3 is 20.4 Å². The minimum Gasteiger partial charge on any atom is -0.508 e. The molecule has 0 aromatic heterocycles. The number of aliphatic hydroxyl groups excluding tert-OH is 2. The van der Waals surface area contributed by atoms with Gasteiger partial charge in [0.25, 0.3) is 0 Å². The number of allylic oxidation sites excluding steroid dienone is 1. The summed E-state index contributed by atoms with van der Waals surface area (Å²) in [5, 5.41) is 45.7. The van der Waals surface area contributed by atoms with Gasteiger partial charge in [-0.25, -0.2) is 0 Å². The summed E-state index contributed by atoms with van der Waals surface area (Å²) in [6.07, 6.45) is 4.69. The van der Waals surface area contributed by atoms with Crippen molar-refractivity contribution in [1.29, 1.82) is 0 Å². The first kappa shape index (κ1) is 25.7. The molecule has 198 valence electrons. The summed E-state index contributed by atoms with van der Waals surface area (Å²) in [5.41, 5.74) is -3.57. The summed E-state index contributed by atoms with van der Waals surface area (Å²) >= 11 is 0. The molecule has 0 bridgehead atoms. The van der Waals surface area contributed by atoms with Gasteiger partial charge in [0.2, 0.25) is 5.78 Å². The topological polar surface area (TPSA) is 132 Å². The van der Waals surface area contributed by atoms with Crippen LogP contribution in [0.1, 0.15) is 89.3 Å². The number of aliphatic hydroxyl groups is 3. The third kappa shape index (κ3) is 3.13. The minimum atomic E-state index is -2.57. The Hall–Kier alpha value is -2.93. The number of hydrogen-bond acceptors (Lipinski definition) is 7. The molecular formula is C30H36O7. The Kier molecular flexibility index (Phi) is 5.58.